The van der Waals surface area contributed by atoms with E-state index in [9.17, 15) is 9.59 Å². The SMILES string of the molecule is Cc1cc(C)nc(Sc2ccc(NC(=O)C3CCCN(C(=O)C4CC4)C3)cc2)n1. The summed E-state index contributed by atoms with van der Waals surface area (Å²) >= 11 is 1.50. The third-order valence-electron chi connectivity index (χ3n) is 5.32. The molecule has 1 N–H and O–H groups in total. The van der Waals surface area contributed by atoms with Crippen LogP contribution in [0.1, 0.15) is 37.1 Å². The van der Waals surface area contributed by atoms with Gasteiger partial charge in [-0.1, -0.05) is 0 Å². The average Bonchev–Trinajstić information content (AvgIpc) is 3.53. The third-order valence-corrected chi connectivity index (χ3v) is 6.20. The number of benzene rings is 1. The first-order valence-electron chi connectivity index (χ1n) is 10.2. The largest absolute Gasteiger partial charge is 0.342 e. The van der Waals surface area contributed by atoms with Crippen LogP contribution < -0.4 is 5.32 Å². The molecule has 6 nitrogen and oxygen atoms in total. The molecule has 2 fully saturated rings. The smallest absolute Gasteiger partial charge is 0.229 e. The molecule has 0 radical (unpaired) electrons. The van der Waals surface area contributed by atoms with Gasteiger partial charge in [-0.15, -0.1) is 0 Å². The van der Waals surface area contributed by atoms with Crippen molar-refractivity contribution in [2.45, 2.75) is 49.6 Å². The lowest BCUT2D eigenvalue weighted by Crippen LogP contribution is -2.44. The zero-order valence-corrected chi connectivity index (χ0v) is 17.7. The Labute approximate surface area is 175 Å². The Bertz CT molecular complexity index is 891. The van der Waals surface area contributed by atoms with Gasteiger partial charge < -0.3 is 10.2 Å². The molecule has 1 saturated carbocycles. The molecule has 29 heavy (non-hydrogen) atoms. The molecule has 1 unspecified atom stereocenters. The predicted octanol–water partition coefficient (Wildman–Crippen LogP) is 3.83. The van der Waals surface area contributed by atoms with E-state index < -0.39 is 0 Å². The molecular weight excluding hydrogens is 384 g/mol. The molecule has 1 aliphatic carbocycles. The first-order chi connectivity index (χ1) is 14.0. The van der Waals surface area contributed by atoms with Gasteiger partial charge in [-0.05, 0) is 81.6 Å². The van der Waals surface area contributed by atoms with Crippen LogP contribution in [0.25, 0.3) is 0 Å². The molecule has 0 spiro atoms. The van der Waals surface area contributed by atoms with Crippen molar-refractivity contribution in [2.24, 2.45) is 11.8 Å². The van der Waals surface area contributed by atoms with Crippen LogP contribution in [0.5, 0.6) is 0 Å². The van der Waals surface area contributed by atoms with Gasteiger partial charge in [0.25, 0.3) is 0 Å². The summed E-state index contributed by atoms with van der Waals surface area (Å²) in [5.41, 5.74) is 2.67. The van der Waals surface area contributed by atoms with Gasteiger partial charge in [-0.3, -0.25) is 9.59 Å². The van der Waals surface area contributed by atoms with E-state index in [2.05, 4.69) is 15.3 Å². The minimum absolute atomic E-state index is 0.00339. The van der Waals surface area contributed by atoms with Crippen molar-refractivity contribution in [3.05, 3.63) is 41.7 Å². The van der Waals surface area contributed by atoms with E-state index in [-0.39, 0.29) is 23.7 Å². The van der Waals surface area contributed by atoms with E-state index in [1.807, 2.05) is 49.1 Å². The number of nitrogens with one attached hydrogen (secondary N) is 1. The van der Waals surface area contributed by atoms with Crippen LogP contribution in [0.4, 0.5) is 5.69 Å². The number of carbonyl (C=O) groups excluding carboxylic acids is 2. The molecule has 7 heteroatoms. The molecule has 2 aromatic rings. The predicted molar refractivity (Wildman–Crippen MR) is 113 cm³/mol. The van der Waals surface area contributed by atoms with Crippen molar-refractivity contribution < 1.29 is 9.59 Å². The van der Waals surface area contributed by atoms with E-state index in [0.29, 0.717) is 6.54 Å². The normalized spacial score (nSPS) is 19.1. The van der Waals surface area contributed by atoms with Gasteiger partial charge in [0.2, 0.25) is 11.8 Å². The van der Waals surface area contributed by atoms with Gasteiger partial charge in [-0.2, -0.15) is 0 Å². The van der Waals surface area contributed by atoms with Crippen molar-refractivity contribution >= 4 is 29.3 Å². The van der Waals surface area contributed by atoms with Gasteiger partial charge in [0.05, 0.1) is 5.92 Å². The molecule has 1 aromatic carbocycles. The maximum atomic E-state index is 12.7. The second-order valence-electron chi connectivity index (χ2n) is 7.95. The number of likely N-dealkylation sites (tertiary alicyclic amines) is 1. The Kier molecular flexibility index (Phi) is 5.85. The van der Waals surface area contributed by atoms with E-state index >= 15 is 0 Å². The fourth-order valence-electron chi connectivity index (χ4n) is 3.68. The van der Waals surface area contributed by atoms with Gasteiger partial charge >= 0.3 is 0 Å². The zero-order chi connectivity index (χ0) is 20.4. The van der Waals surface area contributed by atoms with E-state index in [4.69, 9.17) is 0 Å². The van der Waals surface area contributed by atoms with Crippen molar-refractivity contribution in [3.8, 4) is 0 Å². The van der Waals surface area contributed by atoms with Crippen LogP contribution in [0.2, 0.25) is 0 Å². The number of piperidine rings is 1. The zero-order valence-electron chi connectivity index (χ0n) is 16.9. The fourth-order valence-corrected chi connectivity index (χ4v) is 4.54. The van der Waals surface area contributed by atoms with Crippen molar-refractivity contribution in [2.75, 3.05) is 18.4 Å². The molecule has 152 valence electrons. The van der Waals surface area contributed by atoms with E-state index in [0.717, 1.165) is 59.4 Å². The molecule has 2 aliphatic rings. The molecule has 2 amide bonds. The maximum Gasteiger partial charge on any atom is 0.229 e. The Hall–Kier alpha value is -2.41. The second kappa shape index (κ2) is 8.53. The molecule has 1 atom stereocenters. The van der Waals surface area contributed by atoms with Crippen molar-refractivity contribution in [1.29, 1.82) is 0 Å². The molecule has 1 saturated heterocycles. The number of hydrogen-bond donors (Lipinski definition) is 1. The number of rotatable bonds is 5. The van der Waals surface area contributed by atoms with E-state index in [1.165, 1.54) is 11.8 Å². The lowest BCUT2D eigenvalue weighted by Gasteiger charge is -2.32. The summed E-state index contributed by atoms with van der Waals surface area (Å²) in [5, 5.41) is 3.73. The summed E-state index contributed by atoms with van der Waals surface area (Å²) in [6.45, 7) is 5.24. The summed E-state index contributed by atoms with van der Waals surface area (Å²) in [4.78, 5) is 36.8. The minimum atomic E-state index is -0.135. The van der Waals surface area contributed by atoms with Crippen LogP contribution in [-0.2, 0) is 9.59 Å². The monoisotopic (exact) mass is 410 g/mol. The number of anilines is 1. The first kappa shape index (κ1) is 19.9. The summed E-state index contributed by atoms with van der Waals surface area (Å²) in [6, 6.07) is 9.68. The molecule has 0 bridgehead atoms. The molecular formula is C22H26N4O2S. The lowest BCUT2D eigenvalue weighted by atomic mass is 9.96. The summed E-state index contributed by atoms with van der Waals surface area (Å²) < 4.78 is 0. The van der Waals surface area contributed by atoms with Crippen LogP contribution in [0.15, 0.2) is 40.4 Å². The molecule has 1 aromatic heterocycles. The first-order valence-corrected chi connectivity index (χ1v) is 11.0. The Morgan fingerprint density at radius 2 is 1.72 bits per heavy atom. The highest BCUT2D eigenvalue weighted by atomic mass is 32.2. The van der Waals surface area contributed by atoms with Crippen molar-refractivity contribution in [1.82, 2.24) is 14.9 Å². The lowest BCUT2D eigenvalue weighted by molar-refractivity contribution is -0.135. The molecule has 1 aliphatic heterocycles. The average molecular weight is 411 g/mol. The number of nitrogens with zero attached hydrogens (tertiary/aromatic N) is 3. The summed E-state index contributed by atoms with van der Waals surface area (Å²) in [7, 11) is 0. The standard InChI is InChI=1S/C22H26N4O2S/c1-14-12-15(2)24-22(23-14)29-19-9-7-18(8-10-19)25-20(27)17-4-3-11-26(13-17)21(28)16-5-6-16/h7-10,12,16-17H,3-6,11,13H2,1-2H3,(H,25,27). The minimum Gasteiger partial charge on any atom is -0.342 e. The van der Waals surface area contributed by atoms with E-state index in [1.54, 1.807) is 0 Å². The highest BCUT2D eigenvalue weighted by molar-refractivity contribution is 7.99. The topological polar surface area (TPSA) is 75.2 Å². The number of aromatic nitrogens is 2. The Morgan fingerprint density at radius 3 is 2.38 bits per heavy atom. The number of amides is 2. The van der Waals surface area contributed by atoms with Crippen LogP contribution in [-0.4, -0.2) is 39.8 Å². The molecule has 2 heterocycles. The van der Waals surface area contributed by atoms with Crippen LogP contribution >= 0.6 is 11.8 Å². The van der Waals surface area contributed by atoms with Crippen LogP contribution in [0.3, 0.4) is 0 Å². The highest BCUT2D eigenvalue weighted by Crippen LogP contribution is 2.33. The van der Waals surface area contributed by atoms with Gasteiger partial charge in [0, 0.05) is 41.0 Å². The second-order valence-corrected chi connectivity index (χ2v) is 8.99. The van der Waals surface area contributed by atoms with Crippen LogP contribution in [0, 0.1) is 25.7 Å². The summed E-state index contributed by atoms with van der Waals surface area (Å²) in [6.07, 6.45) is 3.73. The van der Waals surface area contributed by atoms with Gasteiger partial charge in [0.1, 0.15) is 0 Å². The number of carbonyl (C=O) groups is 2. The quantitative estimate of drug-likeness (QED) is 0.758. The Morgan fingerprint density at radius 1 is 1.03 bits per heavy atom. The van der Waals surface area contributed by atoms with Crippen molar-refractivity contribution in [3.63, 3.8) is 0 Å². The van der Waals surface area contributed by atoms with Gasteiger partial charge in [-0.25, -0.2) is 9.97 Å². The number of hydrogen-bond acceptors (Lipinski definition) is 5. The Balaban J connectivity index is 1.34. The molecule has 4 rings (SSSR count). The van der Waals surface area contributed by atoms with Gasteiger partial charge in [0.15, 0.2) is 5.16 Å². The maximum absolute atomic E-state index is 12.7. The fraction of sp³-hybridized carbons (Fsp3) is 0.455. The highest BCUT2D eigenvalue weighted by Gasteiger charge is 2.36. The number of aryl methyl sites for hydroxylation is 2. The third kappa shape index (κ3) is 5.15. The summed E-state index contributed by atoms with van der Waals surface area (Å²) in [5.74, 6) is 0.306.